The van der Waals surface area contributed by atoms with Crippen LogP contribution in [0.4, 0.5) is 39.8 Å². The summed E-state index contributed by atoms with van der Waals surface area (Å²) in [5.74, 6) is 0. The van der Waals surface area contributed by atoms with E-state index in [0.717, 1.165) is 34.1 Å². The SMILES string of the molecule is CC1(C)c2ccccc2N(c2cc(N3c4ccccc4C(C)(C)c4ccccc43)cc([N+](=O)[O-])c2)c2ccccc21. The fourth-order valence-corrected chi connectivity index (χ4v) is 6.84. The molecule has 0 spiro atoms. The smallest absolute Gasteiger partial charge is 0.273 e. The van der Waals surface area contributed by atoms with Crippen molar-refractivity contribution in [2.24, 2.45) is 0 Å². The van der Waals surface area contributed by atoms with Gasteiger partial charge in [-0.2, -0.15) is 0 Å². The van der Waals surface area contributed by atoms with Crippen LogP contribution < -0.4 is 9.80 Å². The van der Waals surface area contributed by atoms with Crippen LogP contribution in [0.1, 0.15) is 49.9 Å². The summed E-state index contributed by atoms with van der Waals surface area (Å²) in [6, 6.07) is 39.0. The standard InChI is InChI=1S/C36H31N3O2/c1-35(2)27-13-5-9-17-31(27)37(32-18-10-6-14-28(32)35)24-21-25(23-26(22-24)39(40)41)38-33-19-11-7-15-29(33)36(3,4)30-16-8-12-20-34(30)38/h5-23H,1-4H3. The number of non-ortho nitro benzene ring substituents is 1. The minimum atomic E-state index is -0.287. The molecule has 0 saturated carbocycles. The number of fused-ring (bicyclic) bond motifs is 4. The summed E-state index contributed by atoms with van der Waals surface area (Å²) in [5.41, 5.74) is 9.98. The highest BCUT2D eigenvalue weighted by Crippen LogP contribution is 2.55. The summed E-state index contributed by atoms with van der Waals surface area (Å²) in [5, 5.41) is 12.4. The van der Waals surface area contributed by atoms with Crippen molar-refractivity contribution < 1.29 is 4.92 Å². The van der Waals surface area contributed by atoms with Crippen LogP contribution in [-0.4, -0.2) is 4.92 Å². The van der Waals surface area contributed by atoms with Crippen LogP contribution in [0.2, 0.25) is 0 Å². The van der Waals surface area contributed by atoms with Crippen LogP contribution in [0.5, 0.6) is 0 Å². The van der Waals surface area contributed by atoms with Gasteiger partial charge in [0, 0.05) is 23.0 Å². The van der Waals surface area contributed by atoms with E-state index >= 15 is 0 Å². The third kappa shape index (κ3) is 3.62. The maximum absolute atomic E-state index is 12.4. The van der Waals surface area contributed by atoms with E-state index < -0.39 is 0 Å². The van der Waals surface area contributed by atoms with Crippen molar-refractivity contribution in [3.8, 4) is 0 Å². The Kier molecular flexibility index (Phi) is 5.39. The van der Waals surface area contributed by atoms with E-state index in [9.17, 15) is 10.1 Å². The normalized spacial score (nSPS) is 15.8. The molecule has 0 fully saturated rings. The fraction of sp³-hybridized carbons (Fsp3) is 0.167. The van der Waals surface area contributed by atoms with Gasteiger partial charge in [-0.3, -0.25) is 10.1 Å². The Morgan fingerprint density at radius 3 is 1.10 bits per heavy atom. The van der Waals surface area contributed by atoms with Crippen molar-refractivity contribution in [2.45, 2.75) is 38.5 Å². The molecule has 0 aromatic heterocycles. The molecule has 202 valence electrons. The predicted octanol–water partition coefficient (Wildman–Crippen LogP) is 9.81. The summed E-state index contributed by atoms with van der Waals surface area (Å²) >= 11 is 0. The summed E-state index contributed by atoms with van der Waals surface area (Å²) in [6.45, 7) is 8.96. The first-order chi connectivity index (χ1) is 19.7. The molecule has 7 rings (SSSR count). The molecule has 0 atom stereocenters. The first-order valence-electron chi connectivity index (χ1n) is 14.0. The molecular weight excluding hydrogens is 506 g/mol. The molecule has 5 aromatic carbocycles. The zero-order valence-corrected chi connectivity index (χ0v) is 23.6. The van der Waals surface area contributed by atoms with Gasteiger partial charge in [-0.1, -0.05) is 100 Å². The quantitative estimate of drug-likeness (QED) is 0.170. The molecule has 5 aromatic rings. The highest BCUT2D eigenvalue weighted by Gasteiger charge is 2.39. The average Bonchev–Trinajstić information content (AvgIpc) is 2.98. The van der Waals surface area contributed by atoms with Gasteiger partial charge in [-0.25, -0.2) is 0 Å². The minimum Gasteiger partial charge on any atom is -0.310 e. The van der Waals surface area contributed by atoms with Gasteiger partial charge in [0.1, 0.15) is 0 Å². The van der Waals surface area contributed by atoms with Crippen LogP contribution in [0, 0.1) is 10.1 Å². The molecule has 2 aliphatic heterocycles. The van der Waals surface area contributed by atoms with Crippen molar-refractivity contribution in [2.75, 3.05) is 9.80 Å². The monoisotopic (exact) mass is 537 g/mol. The number of benzene rings is 5. The molecule has 5 nitrogen and oxygen atoms in total. The summed E-state index contributed by atoms with van der Waals surface area (Å²) < 4.78 is 0. The zero-order chi connectivity index (χ0) is 28.5. The number of hydrogen-bond acceptors (Lipinski definition) is 4. The lowest BCUT2D eigenvalue weighted by atomic mass is 9.73. The van der Waals surface area contributed by atoms with Crippen molar-refractivity contribution in [3.63, 3.8) is 0 Å². The number of hydrogen-bond donors (Lipinski definition) is 0. The molecule has 41 heavy (non-hydrogen) atoms. The van der Waals surface area contributed by atoms with E-state index in [4.69, 9.17) is 0 Å². The fourth-order valence-electron chi connectivity index (χ4n) is 6.84. The molecule has 0 amide bonds. The summed E-state index contributed by atoms with van der Waals surface area (Å²) in [6.07, 6.45) is 0. The second kappa shape index (κ2) is 8.80. The zero-order valence-electron chi connectivity index (χ0n) is 23.6. The van der Waals surface area contributed by atoms with Crippen LogP contribution in [0.25, 0.3) is 0 Å². The third-order valence-electron chi connectivity index (χ3n) is 8.89. The number of rotatable bonds is 3. The molecular formula is C36H31N3O2. The van der Waals surface area contributed by atoms with E-state index in [-0.39, 0.29) is 21.4 Å². The molecule has 0 radical (unpaired) electrons. The second-order valence-electron chi connectivity index (χ2n) is 12.0. The summed E-state index contributed by atoms with van der Waals surface area (Å²) in [4.78, 5) is 16.5. The first kappa shape index (κ1) is 25.1. The second-order valence-corrected chi connectivity index (χ2v) is 12.0. The molecule has 0 bridgehead atoms. The van der Waals surface area contributed by atoms with Crippen molar-refractivity contribution in [1.82, 2.24) is 0 Å². The Balaban J connectivity index is 1.51. The Hall–Kier alpha value is -4.90. The number of para-hydroxylation sites is 4. The molecule has 0 N–H and O–H groups in total. The van der Waals surface area contributed by atoms with Crippen LogP contribution in [-0.2, 0) is 10.8 Å². The minimum absolute atomic E-state index is 0.0529. The lowest BCUT2D eigenvalue weighted by molar-refractivity contribution is -0.384. The predicted molar refractivity (Wildman–Crippen MR) is 167 cm³/mol. The number of nitro groups is 1. The molecule has 0 aliphatic carbocycles. The Morgan fingerprint density at radius 2 is 0.805 bits per heavy atom. The third-order valence-corrected chi connectivity index (χ3v) is 8.89. The first-order valence-corrected chi connectivity index (χ1v) is 14.0. The maximum atomic E-state index is 12.4. The number of nitrogens with zero attached hydrogens (tertiary/aromatic N) is 3. The Morgan fingerprint density at radius 1 is 0.512 bits per heavy atom. The van der Waals surface area contributed by atoms with E-state index in [1.54, 1.807) is 12.1 Å². The van der Waals surface area contributed by atoms with E-state index in [0.29, 0.717) is 0 Å². The van der Waals surface area contributed by atoms with Gasteiger partial charge in [0.25, 0.3) is 5.69 Å². The van der Waals surface area contributed by atoms with Gasteiger partial charge in [0.15, 0.2) is 0 Å². The highest BCUT2D eigenvalue weighted by atomic mass is 16.6. The molecule has 0 saturated heterocycles. The maximum Gasteiger partial charge on any atom is 0.273 e. The molecule has 2 aliphatic rings. The van der Waals surface area contributed by atoms with Gasteiger partial charge in [0.05, 0.1) is 39.0 Å². The molecule has 5 heteroatoms. The number of anilines is 6. The van der Waals surface area contributed by atoms with Crippen molar-refractivity contribution in [3.05, 3.63) is 148 Å². The van der Waals surface area contributed by atoms with E-state index in [2.05, 4.69) is 116 Å². The van der Waals surface area contributed by atoms with Crippen LogP contribution >= 0.6 is 0 Å². The lowest BCUT2D eigenvalue weighted by Crippen LogP contribution is -2.31. The Labute approximate surface area is 240 Å². The van der Waals surface area contributed by atoms with E-state index in [1.807, 2.05) is 24.3 Å². The van der Waals surface area contributed by atoms with Gasteiger partial charge in [0.2, 0.25) is 0 Å². The van der Waals surface area contributed by atoms with E-state index in [1.165, 1.54) is 22.3 Å². The topological polar surface area (TPSA) is 49.6 Å². The largest absolute Gasteiger partial charge is 0.310 e. The Bertz CT molecular complexity index is 1630. The molecule has 0 unspecified atom stereocenters. The van der Waals surface area contributed by atoms with Crippen molar-refractivity contribution >= 4 is 39.8 Å². The summed E-state index contributed by atoms with van der Waals surface area (Å²) in [7, 11) is 0. The van der Waals surface area contributed by atoms with Gasteiger partial charge >= 0.3 is 0 Å². The number of nitro benzene ring substituents is 1. The van der Waals surface area contributed by atoms with Crippen LogP contribution in [0.15, 0.2) is 115 Å². The van der Waals surface area contributed by atoms with Crippen LogP contribution in [0.3, 0.4) is 0 Å². The highest BCUT2D eigenvalue weighted by molar-refractivity contribution is 5.91. The van der Waals surface area contributed by atoms with Gasteiger partial charge in [-0.05, 0) is 52.6 Å². The van der Waals surface area contributed by atoms with Gasteiger partial charge in [-0.15, -0.1) is 0 Å². The molecule has 2 heterocycles. The lowest BCUT2D eigenvalue weighted by Gasteiger charge is -2.43. The van der Waals surface area contributed by atoms with Gasteiger partial charge < -0.3 is 9.80 Å². The van der Waals surface area contributed by atoms with Crippen molar-refractivity contribution in [1.29, 1.82) is 0 Å². The average molecular weight is 538 g/mol.